The van der Waals surface area contributed by atoms with E-state index in [4.69, 9.17) is 49.4 Å². The number of aliphatic hydroxyl groups is 4. The Kier molecular flexibility index (Phi) is 5.56. The fourth-order valence-corrected chi connectivity index (χ4v) is 2.47. The van der Waals surface area contributed by atoms with Gasteiger partial charge in [0.25, 0.3) is 0 Å². The molecule has 0 bridgehead atoms. The van der Waals surface area contributed by atoms with Crippen molar-refractivity contribution in [1.29, 1.82) is 0 Å². The first-order valence-corrected chi connectivity index (χ1v) is 7.10. The number of ether oxygens (including phenoxy) is 2. The maximum Gasteiger partial charge on any atom is 0.229 e. The van der Waals surface area contributed by atoms with E-state index in [1.54, 1.807) is 0 Å². The summed E-state index contributed by atoms with van der Waals surface area (Å²) >= 11 is 17.6. The second-order valence-electron chi connectivity index (χ2n) is 4.51. The van der Waals surface area contributed by atoms with Crippen molar-refractivity contribution < 1.29 is 29.9 Å². The summed E-state index contributed by atoms with van der Waals surface area (Å²) < 4.78 is 10.5. The molecule has 0 aromatic heterocycles. The van der Waals surface area contributed by atoms with E-state index >= 15 is 0 Å². The maximum atomic E-state index is 9.85. The number of benzene rings is 1. The predicted octanol–water partition coefficient (Wildman–Crippen LogP) is 0.825. The van der Waals surface area contributed by atoms with Crippen molar-refractivity contribution in [3.05, 3.63) is 27.2 Å². The highest BCUT2D eigenvalue weighted by molar-refractivity contribution is 6.43. The van der Waals surface area contributed by atoms with E-state index in [1.165, 1.54) is 12.1 Å². The predicted molar refractivity (Wildman–Crippen MR) is 75.9 cm³/mol. The Balaban J connectivity index is 2.20. The second kappa shape index (κ2) is 6.85. The molecule has 1 aromatic rings. The molecule has 4 N–H and O–H groups in total. The van der Waals surface area contributed by atoms with E-state index in [2.05, 4.69) is 0 Å². The van der Waals surface area contributed by atoms with Gasteiger partial charge in [-0.3, -0.25) is 0 Å². The summed E-state index contributed by atoms with van der Waals surface area (Å²) in [5.41, 5.74) is 0. The molecular weight excluding hydrogens is 346 g/mol. The van der Waals surface area contributed by atoms with Crippen molar-refractivity contribution >= 4 is 34.8 Å². The van der Waals surface area contributed by atoms with Crippen LogP contribution in [-0.4, -0.2) is 57.7 Å². The molecule has 1 heterocycles. The molecule has 1 fully saturated rings. The highest BCUT2D eigenvalue weighted by Crippen LogP contribution is 2.35. The molecule has 0 aliphatic carbocycles. The second-order valence-corrected chi connectivity index (χ2v) is 5.73. The number of halogens is 3. The van der Waals surface area contributed by atoms with Crippen molar-refractivity contribution in [3.8, 4) is 5.75 Å². The van der Waals surface area contributed by atoms with E-state index in [0.717, 1.165) is 0 Å². The molecule has 21 heavy (non-hydrogen) atoms. The van der Waals surface area contributed by atoms with E-state index in [-0.39, 0.29) is 20.8 Å². The van der Waals surface area contributed by atoms with E-state index < -0.39 is 37.3 Å². The monoisotopic (exact) mass is 358 g/mol. The SMILES string of the molecule is OC[C@H]1O[C@H](Oc2cc(Cl)c(Cl)cc2Cl)[C@H](O)[C@@H](O)[C@@H]1O. The molecular formula is C12H13Cl3O6. The van der Waals surface area contributed by atoms with Crippen LogP contribution in [0.2, 0.25) is 15.1 Å². The van der Waals surface area contributed by atoms with Crippen LogP contribution >= 0.6 is 34.8 Å². The Labute approximate surface area is 135 Å². The lowest BCUT2D eigenvalue weighted by Crippen LogP contribution is -2.60. The van der Waals surface area contributed by atoms with Gasteiger partial charge >= 0.3 is 0 Å². The minimum atomic E-state index is -1.54. The lowest BCUT2D eigenvalue weighted by molar-refractivity contribution is -0.277. The van der Waals surface area contributed by atoms with Crippen molar-refractivity contribution in [3.63, 3.8) is 0 Å². The van der Waals surface area contributed by atoms with Crippen LogP contribution in [0.1, 0.15) is 0 Å². The maximum absolute atomic E-state index is 9.85. The van der Waals surface area contributed by atoms with Crippen molar-refractivity contribution in [2.24, 2.45) is 0 Å². The van der Waals surface area contributed by atoms with Crippen molar-refractivity contribution in [2.45, 2.75) is 30.7 Å². The van der Waals surface area contributed by atoms with Crippen LogP contribution in [0.15, 0.2) is 12.1 Å². The van der Waals surface area contributed by atoms with E-state index in [1.807, 2.05) is 0 Å². The van der Waals surface area contributed by atoms with Crippen molar-refractivity contribution in [1.82, 2.24) is 0 Å². The first kappa shape index (κ1) is 17.1. The summed E-state index contributed by atoms with van der Waals surface area (Å²) in [7, 11) is 0. The molecule has 118 valence electrons. The zero-order valence-electron chi connectivity index (χ0n) is 10.5. The third-order valence-electron chi connectivity index (χ3n) is 3.07. The molecule has 1 aliphatic heterocycles. The van der Waals surface area contributed by atoms with Crippen LogP contribution in [0.3, 0.4) is 0 Å². The summed E-state index contributed by atoms with van der Waals surface area (Å²) in [4.78, 5) is 0. The van der Waals surface area contributed by atoms with Gasteiger partial charge in [-0.05, 0) is 6.07 Å². The molecule has 5 atom stereocenters. The molecule has 1 aliphatic rings. The lowest BCUT2D eigenvalue weighted by atomic mass is 9.99. The molecule has 0 saturated carbocycles. The zero-order valence-corrected chi connectivity index (χ0v) is 12.8. The average molecular weight is 360 g/mol. The number of hydrogen-bond acceptors (Lipinski definition) is 6. The largest absolute Gasteiger partial charge is 0.460 e. The Hall–Kier alpha value is -0.310. The summed E-state index contributed by atoms with van der Waals surface area (Å²) in [6.07, 6.45) is -6.95. The van der Waals surface area contributed by atoms with Crippen LogP contribution in [0, 0.1) is 0 Å². The summed E-state index contributed by atoms with van der Waals surface area (Å²) in [5, 5.41) is 38.8. The van der Waals surface area contributed by atoms with Gasteiger partial charge < -0.3 is 29.9 Å². The van der Waals surface area contributed by atoms with Gasteiger partial charge in [-0.2, -0.15) is 0 Å². The third kappa shape index (κ3) is 3.55. The van der Waals surface area contributed by atoms with Gasteiger partial charge in [0.1, 0.15) is 30.2 Å². The van der Waals surface area contributed by atoms with Gasteiger partial charge in [0.15, 0.2) is 0 Å². The standard InChI is InChI=1S/C12H13Cl3O6/c13-4-1-6(15)7(2-5(4)14)20-12-11(19)10(18)9(17)8(3-16)21-12/h1-2,8-12,16-19H,3H2/t8-,9-,10+,11-,12+/m1/s1. The fraction of sp³-hybridized carbons (Fsp3) is 0.500. The molecule has 1 saturated heterocycles. The highest BCUT2D eigenvalue weighted by atomic mass is 35.5. The minimum absolute atomic E-state index is 0.0791. The quantitative estimate of drug-likeness (QED) is 0.597. The molecule has 0 spiro atoms. The fourth-order valence-electron chi connectivity index (χ4n) is 1.88. The molecule has 0 unspecified atom stereocenters. The van der Waals surface area contributed by atoms with Crippen molar-refractivity contribution in [2.75, 3.05) is 6.61 Å². The lowest BCUT2D eigenvalue weighted by Gasteiger charge is -2.39. The van der Waals surface area contributed by atoms with Gasteiger partial charge in [0.05, 0.1) is 21.7 Å². The first-order chi connectivity index (χ1) is 9.85. The van der Waals surface area contributed by atoms with Gasteiger partial charge in [-0.15, -0.1) is 0 Å². The summed E-state index contributed by atoms with van der Waals surface area (Å²) in [6.45, 7) is -0.556. The van der Waals surface area contributed by atoms with Crippen LogP contribution in [-0.2, 0) is 4.74 Å². The van der Waals surface area contributed by atoms with Gasteiger partial charge in [0, 0.05) is 6.07 Å². The first-order valence-electron chi connectivity index (χ1n) is 5.97. The van der Waals surface area contributed by atoms with Crippen LogP contribution in [0.4, 0.5) is 0 Å². The van der Waals surface area contributed by atoms with Gasteiger partial charge in [0.2, 0.25) is 6.29 Å². The number of aliphatic hydroxyl groups excluding tert-OH is 4. The molecule has 2 rings (SSSR count). The minimum Gasteiger partial charge on any atom is -0.460 e. The smallest absolute Gasteiger partial charge is 0.229 e. The Morgan fingerprint density at radius 3 is 2.19 bits per heavy atom. The third-order valence-corrected chi connectivity index (χ3v) is 4.08. The molecule has 1 aromatic carbocycles. The summed E-state index contributed by atoms with van der Waals surface area (Å²) in [5.74, 6) is 0.0791. The number of hydrogen-bond donors (Lipinski definition) is 4. The normalized spacial score (nSPS) is 33.0. The van der Waals surface area contributed by atoms with Crippen LogP contribution in [0.5, 0.6) is 5.75 Å². The number of rotatable bonds is 3. The zero-order chi connectivity index (χ0) is 15.7. The van der Waals surface area contributed by atoms with E-state index in [0.29, 0.717) is 0 Å². The molecule has 9 heteroatoms. The summed E-state index contributed by atoms with van der Waals surface area (Å²) in [6, 6.07) is 2.68. The van der Waals surface area contributed by atoms with Gasteiger partial charge in [-0.1, -0.05) is 34.8 Å². The Morgan fingerprint density at radius 2 is 1.57 bits per heavy atom. The van der Waals surface area contributed by atoms with Gasteiger partial charge in [-0.25, -0.2) is 0 Å². The topological polar surface area (TPSA) is 99.4 Å². The highest BCUT2D eigenvalue weighted by Gasteiger charge is 2.44. The molecule has 0 amide bonds. The van der Waals surface area contributed by atoms with E-state index in [9.17, 15) is 15.3 Å². The molecule has 6 nitrogen and oxygen atoms in total. The Morgan fingerprint density at radius 1 is 0.952 bits per heavy atom. The Bertz CT molecular complexity index is 512. The van der Waals surface area contributed by atoms with Crippen LogP contribution in [0.25, 0.3) is 0 Å². The average Bonchev–Trinajstić information content (AvgIpc) is 2.45. The van der Waals surface area contributed by atoms with Crippen LogP contribution < -0.4 is 4.74 Å². The molecule has 0 radical (unpaired) electrons.